The van der Waals surface area contributed by atoms with Crippen molar-refractivity contribution in [3.05, 3.63) is 77.5 Å². The van der Waals surface area contributed by atoms with Crippen LogP contribution in [-0.2, 0) is 22.7 Å². The molecule has 0 atom stereocenters. The van der Waals surface area contributed by atoms with E-state index in [9.17, 15) is 30.4 Å². The van der Waals surface area contributed by atoms with E-state index in [2.05, 4.69) is 9.82 Å². The Kier molecular flexibility index (Phi) is 5.11. The van der Waals surface area contributed by atoms with Gasteiger partial charge in [0.1, 0.15) is 17.5 Å². The van der Waals surface area contributed by atoms with Gasteiger partial charge in [0.15, 0.2) is 0 Å². The second-order valence-corrected chi connectivity index (χ2v) is 7.43. The number of rotatable bonds is 5. The molecule has 0 spiro atoms. The molecule has 0 bridgehead atoms. The first-order valence-electron chi connectivity index (χ1n) is 7.72. The molecule has 5 nitrogen and oxygen atoms in total. The zero-order valence-electron chi connectivity index (χ0n) is 13.9. The molecule has 0 radical (unpaired) electrons. The predicted molar refractivity (Wildman–Crippen MR) is 89.9 cm³/mol. The van der Waals surface area contributed by atoms with E-state index >= 15 is 0 Å². The van der Waals surface area contributed by atoms with E-state index in [1.807, 2.05) is 0 Å². The van der Waals surface area contributed by atoms with Crippen LogP contribution >= 0.6 is 0 Å². The average Bonchev–Trinajstić information content (AvgIpc) is 3.02. The summed E-state index contributed by atoms with van der Waals surface area (Å²) in [5, 5.41) is 3.94. The van der Waals surface area contributed by atoms with E-state index in [-0.39, 0.29) is 18.4 Å². The number of nitrogens with one attached hydrogen (secondary N) is 1. The molecule has 2 aromatic carbocycles. The Labute approximate surface area is 156 Å². The maximum Gasteiger partial charge on any atom is 0.419 e. The third kappa shape index (κ3) is 4.30. The Morgan fingerprint density at radius 1 is 1.00 bits per heavy atom. The van der Waals surface area contributed by atoms with Crippen molar-refractivity contribution in [3.8, 4) is 0 Å². The summed E-state index contributed by atoms with van der Waals surface area (Å²) in [5.74, 6) is -2.04. The van der Waals surface area contributed by atoms with Crippen molar-refractivity contribution in [1.29, 1.82) is 0 Å². The van der Waals surface area contributed by atoms with Crippen molar-refractivity contribution < 1.29 is 30.4 Å². The van der Waals surface area contributed by atoms with Gasteiger partial charge in [0.05, 0.1) is 23.2 Å². The van der Waals surface area contributed by atoms with E-state index in [0.717, 1.165) is 6.07 Å². The van der Waals surface area contributed by atoms with Gasteiger partial charge in [-0.1, -0.05) is 12.1 Å². The minimum absolute atomic E-state index is 0.0257. The van der Waals surface area contributed by atoms with Crippen LogP contribution in [0.4, 0.5) is 27.8 Å². The molecule has 0 amide bonds. The second kappa shape index (κ2) is 7.23. The molecule has 1 N–H and O–H groups in total. The summed E-state index contributed by atoms with van der Waals surface area (Å²) in [6.07, 6.45) is -3.76. The second-order valence-electron chi connectivity index (χ2n) is 5.75. The van der Waals surface area contributed by atoms with Crippen LogP contribution in [0.1, 0.15) is 11.1 Å². The highest BCUT2D eigenvalue weighted by molar-refractivity contribution is 7.92. The zero-order valence-corrected chi connectivity index (χ0v) is 14.7. The van der Waals surface area contributed by atoms with Gasteiger partial charge in [0, 0.05) is 6.07 Å². The fraction of sp³-hybridized carbons (Fsp3) is 0.118. The van der Waals surface area contributed by atoms with E-state index in [0.29, 0.717) is 11.6 Å². The largest absolute Gasteiger partial charge is 0.419 e. The molecule has 0 aliphatic rings. The maximum atomic E-state index is 13.4. The smallest absolute Gasteiger partial charge is 0.264 e. The van der Waals surface area contributed by atoms with Gasteiger partial charge in [0.2, 0.25) is 0 Å². The molecule has 28 heavy (non-hydrogen) atoms. The number of halogens is 5. The molecule has 0 aliphatic heterocycles. The standard InChI is InChI=1S/C17H12F5N3O2S/c18-12-3-1-11(2-4-12)10-25-16(7-8-23-25)24-28(26,27)13-5-6-15(19)14(9-13)17(20,21)22/h1-9,24H,10H2. The van der Waals surface area contributed by atoms with Crippen LogP contribution in [0.3, 0.4) is 0 Å². The van der Waals surface area contributed by atoms with Crippen molar-refractivity contribution in [2.24, 2.45) is 0 Å². The van der Waals surface area contributed by atoms with Gasteiger partial charge in [-0.25, -0.2) is 21.9 Å². The molecule has 0 saturated heterocycles. The minimum Gasteiger partial charge on any atom is -0.264 e. The predicted octanol–water partition coefficient (Wildman–Crippen LogP) is 4.03. The van der Waals surface area contributed by atoms with Crippen LogP contribution in [0, 0.1) is 11.6 Å². The SMILES string of the molecule is O=S(=O)(Nc1ccnn1Cc1ccc(F)cc1)c1ccc(F)c(C(F)(F)F)c1. The first-order valence-corrected chi connectivity index (χ1v) is 9.20. The lowest BCUT2D eigenvalue weighted by Crippen LogP contribution is -2.18. The molecule has 1 heterocycles. The van der Waals surface area contributed by atoms with Crippen molar-refractivity contribution in [2.75, 3.05) is 4.72 Å². The molecule has 0 unspecified atom stereocenters. The summed E-state index contributed by atoms with van der Waals surface area (Å²) in [7, 11) is -4.44. The topological polar surface area (TPSA) is 64.0 Å². The molecule has 3 rings (SSSR count). The summed E-state index contributed by atoms with van der Waals surface area (Å²) in [5.41, 5.74) is -1.07. The van der Waals surface area contributed by atoms with Gasteiger partial charge in [-0.2, -0.15) is 18.3 Å². The lowest BCUT2D eigenvalue weighted by atomic mass is 10.2. The fourth-order valence-corrected chi connectivity index (χ4v) is 3.48. The summed E-state index contributed by atoms with van der Waals surface area (Å²) in [6, 6.07) is 8.09. The number of hydrogen-bond donors (Lipinski definition) is 1. The van der Waals surface area contributed by atoms with Gasteiger partial charge in [0.25, 0.3) is 10.0 Å². The summed E-state index contributed by atoms with van der Waals surface area (Å²) in [6.45, 7) is 0.0857. The highest BCUT2D eigenvalue weighted by Crippen LogP contribution is 2.33. The van der Waals surface area contributed by atoms with E-state index in [1.165, 1.54) is 41.2 Å². The quantitative estimate of drug-likeness (QED) is 0.638. The Bertz CT molecular complexity index is 1090. The van der Waals surface area contributed by atoms with Crippen molar-refractivity contribution in [2.45, 2.75) is 17.6 Å². The van der Waals surface area contributed by atoms with Crippen LogP contribution in [0.2, 0.25) is 0 Å². The molecule has 0 fully saturated rings. The minimum atomic E-state index is -5.04. The number of aromatic nitrogens is 2. The van der Waals surface area contributed by atoms with Crippen LogP contribution in [-0.4, -0.2) is 18.2 Å². The van der Waals surface area contributed by atoms with Crippen molar-refractivity contribution in [1.82, 2.24) is 9.78 Å². The number of nitrogens with zero attached hydrogens (tertiary/aromatic N) is 2. The lowest BCUT2D eigenvalue weighted by molar-refractivity contribution is -0.140. The van der Waals surface area contributed by atoms with Crippen LogP contribution in [0.15, 0.2) is 59.6 Å². The van der Waals surface area contributed by atoms with Crippen molar-refractivity contribution >= 4 is 15.8 Å². The van der Waals surface area contributed by atoms with Gasteiger partial charge < -0.3 is 0 Å². The molecule has 11 heteroatoms. The molecule has 0 saturated carbocycles. The molecular weight excluding hydrogens is 405 g/mol. The summed E-state index contributed by atoms with van der Waals surface area (Å²) in [4.78, 5) is -0.754. The molecule has 148 valence electrons. The Balaban J connectivity index is 1.88. The summed E-state index contributed by atoms with van der Waals surface area (Å²) < 4.78 is 93.1. The summed E-state index contributed by atoms with van der Waals surface area (Å²) >= 11 is 0. The molecule has 1 aromatic heterocycles. The van der Waals surface area contributed by atoms with Gasteiger partial charge in [-0.3, -0.25) is 4.72 Å². The third-order valence-electron chi connectivity index (χ3n) is 3.75. The normalized spacial score (nSPS) is 12.2. The molecule has 3 aromatic rings. The Hall–Kier alpha value is -2.95. The van der Waals surface area contributed by atoms with Crippen LogP contribution < -0.4 is 4.72 Å². The average molecular weight is 417 g/mol. The highest BCUT2D eigenvalue weighted by atomic mass is 32.2. The Morgan fingerprint density at radius 2 is 1.68 bits per heavy atom. The maximum absolute atomic E-state index is 13.4. The number of anilines is 1. The third-order valence-corrected chi connectivity index (χ3v) is 5.11. The van der Waals surface area contributed by atoms with E-state index < -0.39 is 38.3 Å². The lowest BCUT2D eigenvalue weighted by Gasteiger charge is -2.13. The molecule has 0 aliphatic carbocycles. The first kappa shape index (κ1) is 19.8. The number of benzene rings is 2. The zero-order chi connectivity index (χ0) is 20.5. The number of alkyl halides is 3. The highest BCUT2D eigenvalue weighted by Gasteiger charge is 2.35. The Morgan fingerprint density at radius 3 is 2.32 bits per heavy atom. The van der Waals surface area contributed by atoms with E-state index in [1.54, 1.807) is 0 Å². The number of sulfonamides is 1. The monoisotopic (exact) mass is 417 g/mol. The van der Waals surface area contributed by atoms with Gasteiger partial charge in [-0.05, 0) is 35.9 Å². The van der Waals surface area contributed by atoms with Crippen LogP contribution in [0.25, 0.3) is 0 Å². The van der Waals surface area contributed by atoms with Crippen molar-refractivity contribution in [3.63, 3.8) is 0 Å². The molecular formula is C17H12F5N3O2S. The first-order chi connectivity index (χ1) is 13.1. The van der Waals surface area contributed by atoms with Crippen LogP contribution in [0.5, 0.6) is 0 Å². The van der Waals surface area contributed by atoms with Gasteiger partial charge in [-0.15, -0.1) is 0 Å². The van der Waals surface area contributed by atoms with Gasteiger partial charge >= 0.3 is 6.18 Å². The van der Waals surface area contributed by atoms with E-state index in [4.69, 9.17) is 0 Å². The fourth-order valence-electron chi connectivity index (χ4n) is 2.39. The number of hydrogen-bond acceptors (Lipinski definition) is 3.